The van der Waals surface area contributed by atoms with E-state index >= 15 is 0 Å². The lowest BCUT2D eigenvalue weighted by Crippen LogP contribution is -2.27. The number of benzene rings is 1. The van der Waals surface area contributed by atoms with Gasteiger partial charge < -0.3 is 10.6 Å². The Labute approximate surface area is 139 Å². The average molecular weight is 365 g/mol. The molecule has 21 heavy (non-hydrogen) atoms. The van der Waals surface area contributed by atoms with E-state index in [2.05, 4.69) is 63.5 Å². The molecule has 112 valence electrons. The lowest BCUT2D eigenvalue weighted by atomic mass is 10.0. The van der Waals surface area contributed by atoms with Crippen molar-refractivity contribution in [2.24, 2.45) is 5.73 Å². The fourth-order valence-electron chi connectivity index (χ4n) is 2.69. The first-order chi connectivity index (χ1) is 10.1. The van der Waals surface area contributed by atoms with Crippen molar-refractivity contribution in [1.82, 2.24) is 0 Å². The minimum Gasteiger partial charge on any atom is -0.363 e. The maximum atomic E-state index is 6.03. The normalized spacial score (nSPS) is 16.0. The Morgan fingerprint density at radius 1 is 1.38 bits per heavy atom. The van der Waals surface area contributed by atoms with Gasteiger partial charge in [-0.25, -0.2) is 0 Å². The Hall–Kier alpha value is -0.840. The molecule has 4 heteroatoms. The summed E-state index contributed by atoms with van der Waals surface area (Å²) in [5, 5.41) is 2.16. The molecule has 0 amide bonds. The van der Waals surface area contributed by atoms with Gasteiger partial charge in [-0.2, -0.15) is 0 Å². The monoisotopic (exact) mass is 364 g/mol. The van der Waals surface area contributed by atoms with E-state index in [0.29, 0.717) is 6.04 Å². The predicted molar refractivity (Wildman–Crippen MR) is 95.0 cm³/mol. The van der Waals surface area contributed by atoms with Crippen molar-refractivity contribution in [3.05, 3.63) is 50.6 Å². The van der Waals surface area contributed by atoms with Crippen molar-refractivity contribution >= 4 is 33.0 Å². The van der Waals surface area contributed by atoms with E-state index in [1.807, 2.05) is 11.3 Å². The fraction of sp³-hybridized carbons (Fsp3) is 0.412. The maximum Gasteiger partial charge on any atom is 0.0526 e. The third-order valence-corrected chi connectivity index (χ3v) is 5.15. The van der Waals surface area contributed by atoms with Gasteiger partial charge in [-0.1, -0.05) is 28.1 Å². The third kappa shape index (κ3) is 3.87. The summed E-state index contributed by atoms with van der Waals surface area (Å²) in [5.74, 6) is 0. The van der Waals surface area contributed by atoms with Crippen LogP contribution in [0.3, 0.4) is 0 Å². The number of hydrogen-bond donors (Lipinski definition) is 1. The molecule has 2 nitrogen and oxygen atoms in total. The number of rotatable bonds is 6. The molecule has 0 aliphatic heterocycles. The van der Waals surface area contributed by atoms with E-state index in [4.69, 9.17) is 5.73 Å². The zero-order chi connectivity index (χ0) is 14.8. The molecule has 1 aliphatic rings. The second-order valence-electron chi connectivity index (χ2n) is 5.89. The second-order valence-corrected chi connectivity index (χ2v) is 7.84. The number of anilines is 1. The van der Waals surface area contributed by atoms with Gasteiger partial charge in [0.1, 0.15) is 0 Å². The van der Waals surface area contributed by atoms with Crippen LogP contribution in [0.5, 0.6) is 0 Å². The maximum absolute atomic E-state index is 6.03. The van der Waals surface area contributed by atoms with Crippen molar-refractivity contribution in [2.75, 3.05) is 4.90 Å². The first-order valence-electron chi connectivity index (χ1n) is 7.46. The molecule has 1 fully saturated rings. The van der Waals surface area contributed by atoms with Gasteiger partial charge in [0, 0.05) is 27.1 Å². The van der Waals surface area contributed by atoms with Gasteiger partial charge in [0.15, 0.2) is 0 Å². The van der Waals surface area contributed by atoms with E-state index in [0.717, 1.165) is 17.4 Å². The van der Waals surface area contributed by atoms with E-state index < -0.39 is 0 Å². The van der Waals surface area contributed by atoms with Gasteiger partial charge in [0.05, 0.1) is 6.54 Å². The lowest BCUT2D eigenvalue weighted by Gasteiger charge is -2.27. The van der Waals surface area contributed by atoms with Gasteiger partial charge in [-0.3, -0.25) is 0 Å². The molecule has 0 bridgehead atoms. The summed E-state index contributed by atoms with van der Waals surface area (Å²) in [4.78, 5) is 3.99. The SMILES string of the molecule is CC(N)Cc1ccc(Br)cc1N(Cc1cccs1)C1CC1. The quantitative estimate of drug-likeness (QED) is 0.813. The van der Waals surface area contributed by atoms with Crippen LogP contribution in [-0.2, 0) is 13.0 Å². The summed E-state index contributed by atoms with van der Waals surface area (Å²) >= 11 is 5.46. The largest absolute Gasteiger partial charge is 0.363 e. The standard InChI is InChI=1S/C17H21BrN2S/c1-12(19)9-13-4-5-14(18)10-17(13)20(15-6-7-15)11-16-3-2-8-21-16/h2-5,8,10,12,15H,6-7,9,11,19H2,1H3. The summed E-state index contributed by atoms with van der Waals surface area (Å²) in [6.07, 6.45) is 3.53. The molecule has 2 N–H and O–H groups in total. The van der Waals surface area contributed by atoms with Gasteiger partial charge in [-0.15, -0.1) is 11.3 Å². The van der Waals surface area contributed by atoms with Crippen LogP contribution in [0.4, 0.5) is 5.69 Å². The van der Waals surface area contributed by atoms with E-state index in [-0.39, 0.29) is 6.04 Å². The van der Waals surface area contributed by atoms with Gasteiger partial charge in [0.25, 0.3) is 0 Å². The highest BCUT2D eigenvalue weighted by molar-refractivity contribution is 9.10. The van der Waals surface area contributed by atoms with Gasteiger partial charge in [0.2, 0.25) is 0 Å². The topological polar surface area (TPSA) is 29.3 Å². The summed E-state index contributed by atoms with van der Waals surface area (Å²) in [6.45, 7) is 3.08. The average Bonchev–Trinajstić information content (AvgIpc) is 3.15. The van der Waals surface area contributed by atoms with Crippen LogP contribution >= 0.6 is 27.3 Å². The Kier molecular flexibility index (Phi) is 4.67. The molecule has 0 saturated heterocycles. The van der Waals surface area contributed by atoms with E-state index in [9.17, 15) is 0 Å². The van der Waals surface area contributed by atoms with Crippen molar-refractivity contribution in [3.8, 4) is 0 Å². The smallest absolute Gasteiger partial charge is 0.0526 e. The number of hydrogen-bond acceptors (Lipinski definition) is 3. The molecular weight excluding hydrogens is 344 g/mol. The Bertz CT molecular complexity index is 591. The first-order valence-corrected chi connectivity index (χ1v) is 9.14. The summed E-state index contributed by atoms with van der Waals surface area (Å²) in [5.41, 5.74) is 8.73. The molecule has 1 saturated carbocycles. The van der Waals surface area contributed by atoms with Gasteiger partial charge in [-0.05, 0) is 55.3 Å². The first kappa shape index (κ1) is 15.1. The van der Waals surface area contributed by atoms with Crippen LogP contribution in [0.15, 0.2) is 40.2 Å². The number of thiophene rings is 1. The third-order valence-electron chi connectivity index (χ3n) is 3.79. The molecule has 0 spiro atoms. The van der Waals surface area contributed by atoms with Crippen LogP contribution in [-0.4, -0.2) is 12.1 Å². The Morgan fingerprint density at radius 2 is 2.19 bits per heavy atom. The molecule has 1 aromatic carbocycles. The molecule has 3 rings (SSSR count). The van der Waals surface area contributed by atoms with Crippen LogP contribution in [0.1, 0.15) is 30.2 Å². The highest BCUT2D eigenvalue weighted by atomic mass is 79.9. The second kappa shape index (κ2) is 6.51. The molecule has 0 radical (unpaired) electrons. The van der Waals surface area contributed by atoms with Crippen LogP contribution < -0.4 is 10.6 Å². The molecule has 1 atom stereocenters. The minimum absolute atomic E-state index is 0.188. The van der Waals surface area contributed by atoms with Crippen molar-refractivity contribution in [1.29, 1.82) is 0 Å². The van der Waals surface area contributed by atoms with E-state index in [1.165, 1.54) is 29.0 Å². The molecule has 1 aromatic heterocycles. The van der Waals surface area contributed by atoms with Crippen LogP contribution in [0, 0.1) is 0 Å². The van der Waals surface area contributed by atoms with Crippen LogP contribution in [0.25, 0.3) is 0 Å². The Balaban J connectivity index is 1.92. The van der Waals surface area contributed by atoms with Crippen LogP contribution in [0.2, 0.25) is 0 Å². The van der Waals surface area contributed by atoms with E-state index in [1.54, 1.807) is 0 Å². The highest BCUT2D eigenvalue weighted by Crippen LogP contribution is 2.37. The molecule has 2 aromatic rings. The minimum atomic E-state index is 0.188. The zero-order valence-electron chi connectivity index (χ0n) is 12.3. The number of halogens is 1. The zero-order valence-corrected chi connectivity index (χ0v) is 14.7. The van der Waals surface area contributed by atoms with Crippen molar-refractivity contribution in [2.45, 2.75) is 44.8 Å². The number of nitrogens with two attached hydrogens (primary N) is 1. The summed E-state index contributed by atoms with van der Waals surface area (Å²) < 4.78 is 1.14. The fourth-order valence-corrected chi connectivity index (χ4v) is 3.74. The molecule has 1 aliphatic carbocycles. The summed E-state index contributed by atoms with van der Waals surface area (Å²) in [7, 11) is 0. The van der Waals surface area contributed by atoms with Gasteiger partial charge >= 0.3 is 0 Å². The number of nitrogens with zero attached hydrogens (tertiary/aromatic N) is 1. The molecule has 1 unspecified atom stereocenters. The molecule has 1 heterocycles. The predicted octanol–water partition coefficient (Wildman–Crippen LogP) is 4.57. The summed E-state index contributed by atoms with van der Waals surface area (Å²) in [6, 6.07) is 11.8. The van der Waals surface area contributed by atoms with Crippen molar-refractivity contribution < 1.29 is 0 Å². The molecular formula is C17H21BrN2S. The lowest BCUT2D eigenvalue weighted by molar-refractivity contribution is 0.725. The Morgan fingerprint density at radius 3 is 2.81 bits per heavy atom. The van der Waals surface area contributed by atoms with Crippen molar-refractivity contribution in [3.63, 3.8) is 0 Å². The highest BCUT2D eigenvalue weighted by Gasteiger charge is 2.30.